The number of carbonyl (C=O) groups excluding carboxylic acids is 1. The quantitative estimate of drug-likeness (QED) is 0.595. The molecule has 0 aliphatic heterocycles. The van der Waals surface area contributed by atoms with Crippen molar-refractivity contribution in [3.63, 3.8) is 0 Å². The summed E-state index contributed by atoms with van der Waals surface area (Å²) in [5.74, 6) is -0.152. The van der Waals surface area contributed by atoms with Crippen LogP contribution in [0.5, 0.6) is 0 Å². The second kappa shape index (κ2) is 7.01. The average Bonchev–Trinajstić information content (AvgIpc) is 3.09. The summed E-state index contributed by atoms with van der Waals surface area (Å²) in [5, 5.41) is 4.04. The first-order valence-electron chi connectivity index (χ1n) is 7.18. The first kappa shape index (κ1) is 14.5. The molecular formula is C20H16OS. The topological polar surface area (TPSA) is 17.1 Å². The van der Waals surface area contributed by atoms with E-state index in [1.54, 1.807) is 17.4 Å². The van der Waals surface area contributed by atoms with Crippen LogP contribution in [0, 0.1) is 0 Å². The lowest BCUT2D eigenvalue weighted by Gasteiger charge is -2.15. The standard InChI is InChI=1S/C20H16OS/c21-19(12-11-16-13-14-22-15-16)20(17-7-3-1-4-8-17)18-9-5-2-6-10-18/h1-15,20H/b12-11+. The number of allylic oxidation sites excluding steroid dienone is 1. The van der Waals surface area contributed by atoms with Gasteiger partial charge in [0.05, 0.1) is 5.92 Å². The van der Waals surface area contributed by atoms with Gasteiger partial charge in [0, 0.05) is 0 Å². The number of benzene rings is 2. The van der Waals surface area contributed by atoms with Gasteiger partial charge >= 0.3 is 0 Å². The van der Waals surface area contributed by atoms with Crippen molar-refractivity contribution in [2.45, 2.75) is 5.92 Å². The Morgan fingerprint density at radius 1 is 0.864 bits per heavy atom. The van der Waals surface area contributed by atoms with Crippen LogP contribution in [0.25, 0.3) is 6.08 Å². The molecule has 0 saturated carbocycles. The summed E-state index contributed by atoms with van der Waals surface area (Å²) in [6.07, 6.45) is 3.57. The van der Waals surface area contributed by atoms with Crippen LogP contribution in [0.2, 0.25) is 0 Å². The minimum absolute atomic E-state index is 0.101. The van der Waals surface area contributed by atoms with Crippen LogP contribution < -0.4 is 0 Å². The van der Waals surface area contributed by atoms with Gasteiger partial charge in [-0.25, -0.2) is 0 Å². The average molecular weight is 304 g/mol. The third kappa shape index (κ3) is 3.41. The summed E-state index contributed by atoms with van der Waals surface area (Å²) in [6.45, 7) is 0. The van der Waals surface area contributed by atoms with Crippen molar-refractivity contribution < 1.29 is 4.79 Å². The molecule has 0 spiro atoms. The zero-order chi connectivity index (χ0) is 15.2. The Bertz CT molecular complexity index is 703. The maximum absolute atomic E-state index is 12.8. The molecule has 3 rings (SSSR count). The van der Waals surface area contributed by atoms with Crippen molar-refractivity contribution in [2.24, 2.45) is 0 Å². The van der Waals surface area contributed by atoms with Crippen molar-refractivity contribution in [2.75, 3.05) is 0 Å². The van der Waals surface area contributed by atoms with Crippen molar-refractivity contribution in [1.82, 2.24) is 0 Å². The Morgan fingerprint density at radius 2 is 1.45 bits per heavy atom. The number of rotatable bonds is 5. The van der Waals surface area contributed by atoms with E-state index >= 15 is 0 Å². The molecule has 0 N–H and O–H groups in total. The summed E-state index contributed by atoms with van der Waals surface area (Å²) in [4.78, 5) is 12.8. The molecule has 0 fully saturated rings. The van der Waals surface area contributed by atoms with Crippen molar-refractivity contribution in [3.8, 4) is 0 Å². The van der Waals surface area contributed by atoms with Crippen LogP contribution in [-0.4, -0.2) is 5.78 Å². The highest BCUT2D eigenvalue weighted by Gasteiger charge is 2.20. The Hall–Kier alpha value is -2.45. The van der Waals surface area contributed by atoms with Gasteiger partial charge in [-0.05, 0) is 39.6 Å². The monoisotopic (exact) mass is 304 g/mol. The third-order valence-electron chi connectivity index (χ3n) is 3.53. The van der Waals surface area contributed by atoms with E-state index in [2.05, 4.69) is 0 Å². The number of ketones is 1. The molecule has 0 amide bonds. The molecule has 2 heteroatoms. The van der Waals surface area contributed by atoms with Gasteiger partial charge in [-0.15, -0.1) is 0 Å². The highest BCUT2D eigenvalue weighted by molar-refractivity contribution is 7.08. The summed E-state index contributed by atoms with van der Waals surface area (Å²) in [7, 11) is 0. The van der Waals surface area contributed by atoms with E-state index in [1.165, 1.54) is 0 Å². The van der Waals surface area contributed by atoms with Crippen LogP contribution in [-0.2, 0) is 4.79 Å². The van der Waals surface area contributed by atoms with Crippen molar-refractivity contribution in [3.05, 3.63) is 100 Å². The van der Waals surface area contributed by atoms with E-state index in [-0.39, 0.29) is 11.7 Å². The van der Waals surface area contributed by atoms with Crippen molar-refractivity contribution in [1.29, 1.82) is 0 Å². The molecule has 108 valence electrons. The maximum atomic E-state index is 12.8. The molecule has 3 aromatic rings. The number of thiophene rings is 1. The first-order chi connectivity index (χ1) is 10.8. The second-order valence-electron chi connectivity index (χ2n) is 5.05. The Morgan fingerprint density at radius 3 is 1.95 bits per heavy atom. The zero-order valence-corrected chi connectivity index (χ0v) is 12.9. The molecule has 0 aliphatic carbocycles. The molecule has 0 saturated heterocycles. The van der Waals surface area contributed by atoms with Crippen LogP contribution in [0.4, 0.5) is 0 Å². The number of hydrogen-bond donors (Lipinski definition) is 0. The predicted octanol–water partition coefficient (Wildman–Crippen LogP) is 5.16. The highest BCUT2D eigenvalue weighted by Crippen LogP contribution is 2.26. The summed E-state index contributed by atoms with van der Waals surface area (Å²) < 4.78 is 0. The molecule has 0 radical (unpaired) electrons. The number of carbonyl (C=O) groups is 1. The maximum Gasteiger partial charge on any atom is 0.167 e. The molecule has 1 aromatic heterocycles. The first-order valence-corrected chi connectivity index (χ1v) is 8.13. The molecule has 0 atom stereocenters. The SMILES string of the molecule is O=C(/C=C/c1ccsc1)C(c1ccccc1)c1ccccc1. The molecular weight excluding hydrogens is 288 g/mol. The van der Waals surface area contributed by atoms with Gasteiger partial charge in [-0.2, -0.15) is 11.3 Å². The number of hydrogen-bond acceptors (Lipinski definition) is 2. The predicted molar refractivity (Wildman–Crippen MR) is 93.1 cm³/mol. The van der Waals surface area contributed by atoms with Crippen LogP contribution >= 0.6 is 11.3 Å². The van der Waals surface area contributed by atoms with Gasteiger partial charge in [0.25, 0.3) is 0 Å². The van der Waals surface area contributed by atoms with E-state index in [0.717, 1.165) is 16.7 Å². The molecule has 0 bridgehead atoms. The smallest absolute Gasteiger partial charge is 0.167 e. The van der Waals surface area contributed by atoms with Crippen LogP contribution in [0.3, 0.4) is 0 Å². The van der Waals surface area contributed by atoms with Crippen molar-refractivity contribution >= 4 is 23.2 Å². The Labute approximate surface area is 134 Å². The molecule has 22 heavy (non-hydrogen) atoms. The second-order valence-corrected chi connectivity index (χ2v) is 5.83. The zero-order valence-electron chi connectivity index (χ0n) is 12.1. The van der Waals surface area contributed by atoms with Gasteiger partial charge in [-0.1, -0.05) is 66.7 Å². The van der Waals surface area contributed by atoms with E-state index in [1.807, 2.05) is 83.6 Å². The normalized spacial score (nSPS) is 11.1. The fourth-order valence-electron chi connectivity index (χ4n) is 2.46. The van der Waals surface area contributed by atoms with Crippen LogP contribution in [0.1, 0.15) is 22.6 Å². The molecule has 1 heterocycles. The molecule has 0 aliphatic rings. The van der Waals surface area contributed by atoms with E-state index in [4.69, 9.17) is 0 Å². The molecule has 1 nitrogen and oxygen atoms in total. The Kier molecular flexibility index (Phi) is 4.62. The molecule has 2 aromatic carbocycles. The highest BCUT2D eigenvalue weighted by atomic mass is 32.1. The van der Waals surface area contributed by atoms with Gasteiger partial charge in [-0.3, -0.25) is 4.79 Å². The lowest BCUT2D eigenvalue weighted by atomic mass is 9.87. The minimum atomic E-state index is -0.253. The van der Waals surface area contributed by atoms with Gasteiger partial charge < -0.3 is 0 Å². The van der Waals surface area contributed by atoms with E-state index in [9.17, 15) is 4.79 Å². The van der Waals surface area contributed by atoms with Crippen LogP contribution in [0.15, 0.2) is 83.6 Å². The third-order valence-corrected chi connectivity index (χ3v) is 4.24. The molecule has 0 unspecified atom stereocenters. The van der Waals surface area contributed by atoms with Gasteiger partial charge in [0.15, 0.2) is 5.78 Å². The fraction of sp³-hybridized carbons (Fsp3) is 0.0500. The van der Waals surface area contributed by atoms with E-state index < -0.39 is 0 Å². The minimum Gasteiger partial charge on any atom is -0.294 e. The van der Waals surface area contributed by atoms with E-state index in [0.29, 0.717) is 0 Å². The lowest BCUT2D eigenvalue weighted by Crippen LogP contribution is -2.11. The summed E-state index contributed by atoms with van der Waals surface area (Å²) >= 11 is 1.63. The lowest BCUT2D eigenvalue weighted by molar-refractivity contribution is -0.115. The largest absolute Gasteiger partial charge is 0.294 e. The Balaban J connectivity index is 1.93. The fourth-order valence-corrected chi connectivity index (χ4v) is 3.08. The van der Waals surface area contributed by atoms with Gasteiger partial charge in [0.1, 0.15) is 0 Å². The summed E-state index contributed by atoms with van der Waals surface area (Å²) in [6, 6.07) is 21.9. The summed E-state index contributed by atoms with van der Waals surface area (Å²) in [5.41, 5.74) is 3.11. The van der Waals surface area contributed by atoms with Gasteiger partial charge in [0.2, 0.25) is 0 Å².